The summed E-state index contributed by atoms with van der Waals surface area (Å²) in [5.41, 5.74) is 0.311. The number of esters is 1. The topological polar surface area (TPSA) is 26.3 Å². The predicted molar refractivity (Wildman–Crippen MR) is 83.0 cm³/mol. The van der Waals surface area contributed by atoms with Gasteiger partial charge in [-0.25, -0.2) is 9.18 Å². The maximum absolute atomic E-state index is 12.8. The minimum absolute atomic E-state index is 0.311. The van der Waals surface area contributed by atoms with Crippen LogP contribution in [0.3, 0.4) is 0 Å². The van der Waals surface area contributed by atoms with E-state index >= 15 is 0 Å². The van der Waals surface area contributed by atoms with Crippen molar-refractivity contribution in [3.63, 3.8) is 0 Å². The standard InChI is InChI=1S/C17H10BrFO2/c18-16-3-1-2-12-10-14(8-9-15(12)16)21-17(20)11-4-6-13(19)7-5-11/h1-10H. The van der Waals surface area contributed by atoms with Gasteiger partial charge < -0.3 is 4.74 Å². The van der Waals surface area contributed by atoms with Crippen LogP contribution < -0.4 is 4.74 Å². The molecular weight excluding hydrogens is 335 g/mol. The van der Waals surface area contributed by atoms with Gasteiger partial charge in [0.25, 0.3) is 0 Å². The fourth-order valence-corrected chi connectivity index (χ4v) is 2.55. The van der Waals surface area contributed by atoms with Gasteiger partial charge in [-0.1, -0.05) is 28.1 Å². The molecule has 0 saturated carbocycles. The Kier molecular flexibility index (Phi) is 3.71. The van der Waals surface area contributed by atoms with E-state index in [9.17, 15) is 9.18 Å². The molecule has 0 aliphatic carbocycles. The lowest BCUT2D eigenvalue weighted by Crippen LogP contribution is -2.08. The zero-order chi connectivity index (χ0) is 14.8. The average Bonchev–Trinajstić information content (AvgIpc) is 2.48. The van der Waals surface area contributed by atoms with Crippen molar-refractivity contribution < 1.29 is 13.9 Å². The molecule has 0 saturated heterocycles. The van der Waals surface area contributed by atoms with Gasteiger partial charge in [-0.15, -0.1) is 0 Å². The molecule has 0 amide bonds. The van der Waals surface area contributed by atoms with E-state index in [1.165, 1.54) is 24.3 Å². The van der Waals surface area contributed by atoms with Crippen molar-refractivity contribution in [3.05, 3.63) is 76.5 Å². The zero-order valence-corrected chi connectivity index (χ0v) is 12.4. The highest BCUT2D eigenvalue weighted by Crippen LogP contribution is 2.27. The SMILES string of the molecule is O=C(Oc1ccc2c(Br)cccc2c1)c1ccc(F)cc1. The van der Waals surface area contributed by atoms with Gasteiger partial charge in [-0.05, 0) is 59.3 Å². The molecule has 3 aromatic carbocycles. The van der Waals surface area contributed by atoms with Gasteiger partial charge in [0.15, 0.2) is 0 Å². The van der Waals surface area contributed by atoms with Crippen LogP contribution >= 0.6 is 15.9 Å². The minimum Gasteiger partial charge on any atom is -0.423 e. The first-order chi connectivity index (χ1) is 10.1. The number of fused-ring (bicyclic) bond motifs is 1. The van der Waals surface area contributed by atoms with Gasteiger partial charge in [-0.2, -0.15) is 0 Å². The van der Waals surface area contributed by atoms with E-state index in [1.54, 1.807) is 12.1 Å². The average molecular weight is 345 g/mol. The van der Waals surface area contributed by atoms with E-state index in [0.717, 1.165) is 15.2 Å². The molecular formula is C17H10BrFO2. The van der Waals surface area contributed by atoms with E-state index in [0.29, 0.717) is 11.3 Å². The molecule has 2 nitrogen and oxygen atoms in total. The number of carbonyl (C=O) groups excluding carboxylic acids is 1. The molecule has 0 aliphatic rings. The molecule has 21 heavy (non-hydrogen) atoms. The highest BCUT2D eigenvalue weighted by atomic mass is 79.9. The van der Waals surface area contributed by atoms with Gasteiger partial charge >= 0.3 is 5.97 Å². The van der Waals surface area contributed by atoms with Crippen LogP contribution in [-0.2, 0) is 0 Å². The number of benzene rings is 3. The number of hydrogen-bond acceptors (Lipinski definition) is 2. The lowest BCUT2D eigenvalue weighted by molar-refractivity contribution is 0.0735. The van der Waals surface area contributed by atoms with Crippen molar-refractivity contribution in [3.8, 4) is 5.75 Å². The molecule has 3 rings (SSSR count). The summed E-state index contributed by atoms with van der Waals surface area (Å²) in [6, 6.07) is 16.5. The first-order valence-electron chi connectivity index (χ1n) is 6.29. The minimum atomic E-state index is -0.510. The van der Waals surface area contributed by atoms with Crippen LogP contribution in [0.15, 0.2) is 65.1 Å². The summed E-state index contributed by atoms with van der Waals surface area (Å²) >= 11 is 3.47. The Morgan fingerprint density at radius 1 is 1.00 bits per heavy atom. The third kappa shape index (κ3) is 2.95. The summed E-state index contributed by atoms with van der Waals surface area (Å²) in [7, 11) is 0. The zero-order valence-electron chi connectivity index (χ0n) is 10.8. The fourth-order valence-electron chi connectivity index (χ4n) is 2.04. The lowest BCUT2D eigenvalue weighted by Gasteiger charge is -2.06. The molecule has 0 atom stereocenters. The van der Waals surface area contributed by atoms with Crippen molar-refractivity contribution in [1.82, 2.24) is 0 Å². The summed E-state index contributed by atoms with van der Waals surface area (Å²) in [6.07, 6.45) is 0. The molecule has 0 N–H and O–H groups in total. The first-order valence-corrected chi connectivity index (χ1v) is 7.09. The normalized spacial score (nSPS) is 10.6. The Hall–Kier alpha value is -2.20. The molecule has 0 aliphatic heterocycles. The molecule has 0 fully saturated rings. The Morgan fingerprint density at radius 3 is 2.52 bits per heavy atom. The van der Waals surface area contributed by atoms with Gasteiger partial charge in [0.05, 0.1) is 5.56 Å². The first kappa shape index (κ1) is 13.8. The smallest absolute Gasteiger partial charge is 0.343 e. The van der Waals surface area contributed by atoms with Crippen LogP contribution in [0.25, 0.3) is 10.8 Å². The van der Waals surface area contributed by atoms with E-state index in [2.05, 4.69) is 15.9 Å². The third-order valence-electron chi connectivity index (χ3n) is 3.09. The van der Waals surface area contributed by atoms with E-state index < -0.39 is 5.97 Å². The molecule has 0 radical (unpaired) electrons. The molecule has 0 unspecified atom stereocenters. The highest BCUT2D eigenvalue weighted by Gasteiger charge is 2.09. The van der Waals surface area contributed by atoms with Crippen LogP contribution in [-0.4, -0.2) is 5.97 Å². The van der Waals surface area contributed by atoms with E-state index in [1.807, 2.05) is 24.3 Å². The summed E-state index contributed by atoms with van der Waals surface area (Å²) in [5.74, 6) is -0.443. The van der Waals surface area contributed by atoms with Crippen LogP contribution in [0.1, 0.15) is 10.4 Å². The molecule has 0 heterocycles. The number of halogens is 2. The van der Waals surface area contributed by atoms with Crippen molar-refractivity contribution in [2.24, 2.45) is 0 Å². The summed E-state index contributed by atoms with van der Waals surface area (Å²) in [6.45, 7) is 0. The lowest BCUT2D eigenvalue weighted by atomic mass is 10.1. The molecule has 104 valence electrons. The van der Waals surface area contributed by atoms with Crippen molar-refractivity contribution in [1.29, 1.82) is 0 Å². The third-order valence-corrected chi connectivity index (χ3v) is 3.78. The van der Waals surface area contributed by atoms with Crippen molar-refractivity contribution in [2.75, 3.05) is 0 Å². The summed E-state index contributed by atoms with van der Waals surface area (Å²) < 4.78 is 19.1. The predicted octanol–water partition coefficient (Wildman–Crippen LogP) is 4.96. The fraction of sp³-hybridized carbons (Fsp3) is 0. The maximum Gasteiger partial charge on any atom is 0.343 e. The summed E-state index contributed by atoms with van der Waals surface area (Å²) in [5, 5.41) is 2.01. The van der Waals surface area contributed by atoms with Crippen molar-refractivity contribution >= 4 is 32.7 Å². The van der Waals surface area contributed by atoms with Gasteiger partial charge in [0.1, 0.15) is 11.6 Å². The number of ether oxygens (including phenoxy) is 1. The molecule has 0 aromatic heterocycles. The number of rotatable bonds is 2. The van der Waals surface area contributed by atoms with Crippen LogP contribution in [0.4, 0.5) is 4.39 Å². The Bertz CT molecular complexity index is 813. The van der Waals surface area contributed by atoms with Gasteiger partial charge in [-0.3, -0.25) is 0 Å². The quantitative estimate of drug-likeness (QED) is 0.485. The largest absolute Gasteiger partial charge is 0.423 e. The molecule has 4 heteroatoms. The molecule has 0 spiro atoms. The van der Waals surface area contributed by atoms with Crippen LogP contribution in [0.5, 0.6) is 5.75 Å². The Labute approximate surface area is 129 Å². The van der Waals surface area contributed by atoms with E-state index in [4.69, 9.17) is 4.74 Å². The van der Waals surface area contributed by atoms with E-state index in [-0.39, 0.29) is 5.82 Å². The van der Waals surface area contributed by atoms with Crippen molar-refractivity contribution in [2.45, 2.75) is 0 Å². The second kappa shape index (κ2) is 5.66. The monoisotopic (exact) mass is 344 g/mol. The second-order valence-corrected chi connectivity index (χ2v) is 5.37. The van der Waals surface area contributed by atoms with Gasteiger partial charge in [0, 0.05) is 4.47 Å². The summed E-state index contributed by atoms with van der Waals surface area (Å²) in [4.78, 5) is 12.0. The molecule has 3 aromatic rings. The number of carbonyl (C=O) groups is 1. The van der Waals surface area contributed by atoms with Crippen LogP contribution in [0.2, 0.25) is 0 Å². The Morgan fingerprint density at radius 2 is 1.76 bits per heavy atom. The highest BCUT2D eigenvalue weighted by molar-refractivity contribution is 9.10. The van der Waals surface area contributed by atoms with Crippen LogP contribution in [0, 0.1) is 5.82 Å². The maximum atomic E-state index is 12.8. The second-order valence-electron chi connectivity index (χ2n) is 4.52. The molecule has 0 bridgehead atoms. The number of hydrogen-bond donors (Lipinski definition) is 0. The Balaban J connectivity index is 1.88. The van der Waals surface area contributed by atoms with Gasteiger partial charge in [0.2, 0.25) is 0 Å².